The van der Waals surface area contributed by atoms with Crippen molar-refractivity contribution >= 4 is 39.1 Å². The molecule has 0 unspecified atom stereocenters. The average Bonchev–Trinajstić information content (AvgIpc) is 2.95. The number of nitrogens with one attached hydrogen (secondary N) is 1. The summed E-state index contributed by atoms with van der Waals surface area (Å²) in [4.78, 5) is 17.3. The van der Waals surface area contributed by atoms with Gasteiger partial charge in [0.25, 0.3) is 0 Å². The third-order valence-electron chi connectivity index (χ3n) is 5.27. The molecule has 0 atom stereocenters. The van der Waals surface area contributed by atoms with E-state index in [-0.39, 0.29) is 5.91 Å². The zero-order valence-electron chi connectivity index (χ0n) is 16.7. The van der Waals surface area contributed by atoms with Crippen LogP contribution in [0.3, 0.4) is 0 Å². The summed E-state index contributed by atoms with van der Waals surface area (Å²) in [7, 11) is 0. The first-order valence-corrected chi connectivity index (χ1v) is 11.3. The van der Waals surface area contributed by atoms with Gasteiger partial charge in [-0.1, -0.05) is 23.7 Å². The van der Waals surface area contributed by atoms with Crippen LogP contribution in [0.25, 0.3) is 0 Å². The van der Waals surface area contributed by atoms with Gasteiger partial charge in [-0.25, -0.2) is 0 Å². The van der Waals surface area contributed by atoms with Crippen molar-refractivity contribution in [2.75, 3.05) is 51.3 Å². The van der Waals surface area contributed by atoms with E-state index in [0.29, 0.717) is 36.9 Å². The number of halogens is 2. The molecule has 2 aliphatic heterocycles. The summed E-state index contributed by atoms with van der Waals surface area (Å²) in [6.45, 7) is 6.06. The van der Waals surface area contributed by atoms with E-state index in [1.807, 2.05) is 24.3 Å². The van der Waals surface area contributed by atoms with Crippen LogP contribution in [-0.4, -0.2) is 61.6 Å². The Hall–Kier alpha value is -1.80. The van der Waals surface area contributed by atoms with Crippen LogP contribution in [0.4, 0.5) is 5.69 Å². The molecule has 6 nitrogen and oxygen atoms in total. The van der Waals surface area contributed by atoms with Crippen molar-refractivity contribution in [1.82, 2.24) is 9.80 Å². The molecule has 2 aromatic rings. The normalized spacial score (nSPS) is 17.4. The van der Waals surface area contributed by atoms with E-state index in [1.165, 1.54) is 5.56 Å². The van der Waals surface area contributed by atoms with Crippen molar-refractivity contribution in [1.29, 1.82) is 0 Å². The van der Waals surface area contributed by atoms with Crippen LogP contribution in [0.2, 0.25) is 5.02 Å². The Labute approximate surface area is 190 Å². The van der Waals surface area contributed by atoms with Crippen molar-refractivity contribution < 1.29 is 14.3 Å². The van der Waals surface area contributed by atoms with Gasteiger partial charge < -0.3 is 14.8 Å². The van der Waals surface area contributed by atoms with Crippen LogP contribution < -0.4 is 14.8 Å². The number of hydrogen-bond donors (Lipinski definition) is 1. The molecule has 2 aromatic carbocycles. The highest BCUT2D eigenvalue weighted by molar-refractivity contribution is 9.10. The Morgan fingerprint density at radius 2 is 1.67 bits per heavy atom. The molecule has 0 aliphatic carbocycles. The van der Waals surface area contributed by atoms with E-state index in [2.05, 4.69) is 43.2 Å². The van der Waals surface area contributed by atoms with Crippen LogP contribution in [0, 0.1) is 0 Å². The second-order valence-electron chi connectivity index (χ2n) is 7.56. The molecule has 2 heterocycles. The van der Waals surface area contributed by atoms with Crippen molar-refractivity contribution in [3.63, 3.8) is 0 Å². The summed E-state index contributed by atoms with van der Waals surface area (Å²) in [6.07, 6.45) is 1.04. The number of anilines is 1. The van der Waals surface area contributed by atoms with Crippen LogP contribution in [-0.2, 0) is 11.3 Å². The van der Waals surface area contributed by atoms with Crippen molar-refractivity contribution in [3.8, 4) is 11.5 Å². The van der Waals surface area contributed by atoms with Gasteiger partial charge in [-0.05, 0) is 53.1 Å². The molecule has 0 radical (unpaired) electrons. The third-order valence-corrected chi connectivity index (χ3v) is 6.18. The molecule has 2 aliphatic rings. The molecule has 1 amide bonds. The Balaban J connectivity index is 1.29. The zero-order valence-corrected chi connectivity index (χ0v) is 19.0. The van der Waals surface area contributed by atoms with Gasteiger partial charge in [0.1, 0.15) is 13.2 Å². The van der Waals surface area contributed by atoms with E-state index in [1.54, 1.807) is 0 Å². The Kier molecular flexibility index (Phi) is 7.15. The molecule has 1 saturated heterocycles. The first kappa shape index (κ1) is 21.4. The minimum atomic E-state index is -0.0291. The van der Waals surface area contributed by atoms with Gasteiger partial charge in [0.05, 0.1) is 12.2 Å². The third kappa shape index (κ3) is 5.66. The van der Waals surface area contributed by atoms with Crippen molar-refractivity contribution in [2.24, 2.45) is 0 Å². The van der Waals surface area contributed by atoms with Crippen molar-refractivity contribution in [2.45, 2.75) is 13.0 Å². The summed E-state index contributed by atoms with van der Waals surface area (Å²) in [5.74, 6) is 1.32. The second kappa shape index (κ2) is 10.0. The highest BCUT2D eigenvalue weighted by Crippen LogP contribution is 2.38. The van der Waals surface area contributed by atoms with Gasteiger partial charge in [0.15, 0.2) is 11.5 Å². The number of carbonyl (C=O) groups is 1. The Morgan fingerprint density at radius 3 is 2.43 bits per heavy atom. The Morgan fingerprint density at radius 1 is 1.00 bits per heavy atom. The maximum Gasteiger partial charge on any atom is 0.238 e. The maximum absolute atomic E-state index is 12.6. The van der Waals surface area contributed by atoms with E-state index in [9.17, 15) is 4.79 Å². The number of benzene rings is 2. The molecule has 1 fully saturated rings. The fourth-order valence-corrected chi connectivity index (χ4v) is 4.29. The van der Waals surface area contributed by atoms with Crippen LogP contribution in [0.15, 0.2) is 40.9 Å². The molecule has 30 heavy (non-hydrogen) atoms. The molecule has 0 aromatic heterocycles. The molecular formula is C22H25BrClN3O3. The van der Waals surface area contributed by atoms with E-state index in [4.69, 9.17) is 21.1 Å². The fraction of sp³-hybridized carbons (Fsp3) is 0.409. The monoisotopic (exact) mass is 493 g/mol. The molecule has 1 N–H and O–H groups in total. The van der Waals surface area contributed by atoms with Gasteiger partial charge in [-0.3, -0.25) is 14.6 Å². The summed E-state index contributed by atoms with van der Waals surface area (Å²) in [5, 5.41) is 3.76. The number of fused-ring (bicyclic) bond motifs is 1. The summed E-state index contributed by atoms with van der Waals surface area (Å²) < 4.78 is 12.0. The predicted octanol–water partition coefficient (Wildman–Crippen LogP) is 4.02. The number of rotatable bonds is 5. The Bertz CT molecular complexity index is 894. The molecule has 0 spiro atoms. The quantitative estimate of drug-likeness (QED) is 0.680. The van der Waals surface area contributed by atoms with Crippen LogP contribution in [0.1, 0.15) is 12.0 Å². The lowest BCUT2D eigenvalue weighted by Gasteiger charge is -2.22. The second-order valence-corrected chi connectivity index (χ2v) is 8.85. The van der Waals surface area contributed by atoms with E-state index < -0.39 is 0 Å². The van der Waals surface area contributed by atoms with Gasteiger partial charge in [0.2, 0.25) is 5.91 Å². The van der Waals surface area contributed by atoms with Gasteiger partial charge in [-0.15, -0.1) is 0 Å². The standard InChI is InChI=1S/C22H25BrClN3O3/c23-18-12-20-21(30-11-10-29-20)13-19(18)25-22(28)15-27-7-1-6-26(8-9-27)14-16-2-4-17(24)5-3-16/h2-5,12-13H,1,6-11,14-15H2,(H,25,28). The lowest BCUT2D eigenvalue weighted by Crippen LogP contribution is -2.36. The van der Waals surface area contributed by atoms with E-state index >= 15 is 0 Å². The zero-order chi connectivity index (χ0) is 20.9. The molecule has 0 bridgehead atoms. The number of hydrogen-bond acceptors (Lipinski definition) is 5. The average molecular weight is 495 g/mol. The molecule has 8 heteroatoms. The minimum absolute atomic E-state index is 0.0291. The molecule has 160 valence electrons. The number of nitrogens with zero attached hydrogens (tertiary/aromatic N) is 2. The molecule has 4 rings (SSSR count). The summed E-state index contributed by atoms with van der Waals surface area (Å²) >= 11 is 9.48. The highest BCUT2D eigenvalue weighted by Gasteiger charge is 2.19. The maximum atomic E-state index is 12.6. The number of amides is 1. The largest absolute Gasteiger partial charge is 0.486 e. The minimum Gasteiger partial charge on any atom is -0.486 e. The highest BCUT2D eigenvalue weighted by atomic mass is 79.9. The van der Waals surface area contributed by atoms with Gasteiger partial charge >= 0.3 is 0 Å². The van der Waals surface area contributed by atoms with Gasteiger partial charge in [-0.2, -0.15) is 0 Å². The topological polar surface area (TPSA) is 54.0 Å². The fourth-order valence-electron chi connectivity index (χ4n) is 3.74. The molecule has 0 saturated carbocycles. The van der Waals surface area contributed by atoms with Gasteiger partial charge in [0, 0.05) is 41.3 Å². The first-order valence-electron chi connectivity index (χ1n) is 10.1. The van der Waals surface area contributed by atoms with E-state index in [0.717, 1.165) is 48.6 Å². The number of ether oxygens (including phenoxy) is 2. The lowest BCUT2D eigenvalue weighted by atomic mass is 10.2. The predicted molar refractivity (Wildman–Crippen MR) is 122 cm³/mol. The summed E-state index contributed by atoms with van der Waals surface area (Å²) in [5.41, 5.74) is 1.96. The van der Waals surface area contributed by atoms with Crippen LogP contribution >= 0.6 is 27.5 Å². The summed E-state index contributed by atoms with van der Waals surface area (Å²) in [6, 6.07) is 11.7. The van der Waals surface area contributed by atoms with Crippen LogP contribution in [0.5, 0.6) is 11.5 Å². The number of carbonyl (C=O) groups excluding carboxylic acids is 1. The lowest BCUT2D eigenvalue weighted by molar-refractivity contribution is -0.117. The van der Waals surface area contributed by atoms with Crippen molar-refractivity contribution in [3.05, 3.63) is 51.5 Å². The smallest absolute Gasteiger partial charge is 0.238 e. The molecular weight excluding hydrogens is 470 g/mol. The SMILES string of the molecule is O=C(CN1CCCN(Cc2ccc(Cl)cc2)CC1)Nc1cc2c(cc1Br)OCCO2. The first-order chi connectivity index (χ1) is 14.6.